The van der Waals surface area contributed by atoms with E-state index in [9.17, 15) is 9.18 Å². The van der Waals surface area contributed by atoms with E-state index in [4.69, 9.17) is 0 Å². The van der Waals surface area contributed by atoms with Crippen LogP contribution < -0.4 is 10.6 Å². The standard InChI is InChI=1S/C14H17FN2O/c15-9-6-7-12-13(8-9)16-11-5-3-1-2-4-10(11)14(18)17-12/h6-8,10-11,16H,1-5H2,(H,17,18). The second-order valence-electron chi connectivity index (χ2n) is 5.17. The van der Waals surface area contributed by atoms with Gasteiger partial charge in [0.05, 0.1) is 17.3 Å². The Morgan fingerprint density at radius 3 is 2.83 bits per heavy atom. The monoisotopic (exact) mass is 248 g/mol. The second kappa shape index (κ2) is 4.59. The van der Waals surface area contributed by atoms with Crippen molar-refractivity contribution in [1.82, 2.24) is 0 Å². The number of benzene rings is 1. The highest BCUT2D eigenvalue weighted by Gasteiger charge is 2.32. The maximum Gasteiger partial charge on any atom is 0.229 e. The molecule has 2 N–H and O–H groups in total. The van der Waals surface area contributed by atoms with Gasteiger partial charge in [0.2, 0.25) is 5.91 Å². The van der Waals surface area contributed by atoms with Crippen molar-refractivity contribution in [2.45, 2.75) is 38.1 Å². The Labute approximate surface area is 106 Å². The summed E-state index contributed by atoms with van der Waals surface area (Å²) >= 11 is 0. The number of halogens is 1. The van der Waals surface area contributed by atoms with Crippen molar-refractivity contribution in [3.05, 3.63) is 24.0 Å². The highest BCUT2D eigenvalue weighted by atomic mass is 19.1. The largest absolute Gasteiger partial charge is 0.380 e. The topological polar surface area (TPSA) is 41.1 Å². The van der Waals surface area contributed by atoms with E-state index in [0.29, 0.717) is 11.4 Å². The minimum Gasteiger partial charge on any atom is -0.380 e. The molecular formula is C14H17FN2O. The number of hydrogen-bond acceptors (Lipinski definition) is 2. The number of rotatable bonds is 0. The normalized spacial score (nSPS) is 27.1. The fraction of sp³-hybridized carbons (Fsp3) is 0.500. The van der Waals surface area contributed by atoms with E-state index >= 15 is 0 Å². The fourth-order valence-corrected chi connectivity index (χ4v) is 2.96. The average Bonchev–Trinajstić information content (AvgIpc) is 2.63. The van der Waals surface area contributed by atoms with Gasteiger partial charge in [0.1, 0.15) is 5.82 Å². The summed E-state index contributed by atoms with van der Waals surface area (Å²) in [5.74, 6) is -0.203. The summed E-state index contributed by atoms with van der Waals surface area (Å²) in [6.45, 7) is 0. The third kappa shape index (κ3) is 2.07. The molecule has 1 aliphatic heterocycles. The highest BCUT2D eigenvalue weighted by molar-refractivity contribution is 5.98. The first kappa shape index (κ1) is 11.5. The van der Waals surface area contributed by atoms with Gasteiger partial charge in [0.15, 0.2) is 0 Å². The van der Waals surface area contributed by atoms with Gasteiger partial charge < -0.3 is 10.6 Å². The highest BCUT2D eigenvalue weighted by Crippen LogP contribution is 2.34. The van der Waals surface area contributed by atoms with Crippen molar-refractivity contribution in [1.29, 1.82) is 0 Å². The molecular weight excluding hydrogens is 231 g/mol. The van der Waals surface area contributed by atoms with Gasteiger partial charge >= 0.3 is 0 Å². The molecule has 0 radical (unpaired) electrons. The van der Waals surface area contributed by atoms with Crippen molar-refractivity contribution >= 4 is 17.3 Å². The molecule has 3 nitrogen and oxygen atoms in total. The lowest BCUT2D eigenvalue weighted by Gasteiger charge is -2.22. The van der Waals surface area contributed by atoms with Gasteiger partial charge in [-0.25, -0.2) is 4.39 Å². The molecule has 18 heavy (non-hydrogen) atoms. The van der Waals surface area contributed by atoms with Crippen molar-refractivity contribution in [2.24, 2.45) is 5.92 Å². The number of amides is 1. The first-order valence-corrected chi connectivity index (χ1v) is 6.61. The smallest absolute Gasteiger partial charge is 0.229 e. The molecule has 0 aromatic heterocycles. The molecule has 0 spiro atoms. The van der Waals surface area contributed by atoms with Crippen LogP contribution in [0.1, 0.15) is 32.1 Å². The van der Waals surface area contributed by atoms with E-state index < -0.39 is 0 Å². The third-order valence-corrected chi connectivity index (χ3v) is 3.93. The van der Waals surface area contributed by atoms with Crippen LogP contribution in [-0.4, -0.2) is 11.9 Å². The van der Waals surface area contributed by atoms with Crippen molar-refractivity contribution in [2.75, 3.05) is 10.6 Å². The van der Waals surface area contributed by atoms with Gasteiger partial charge in [-0.2, -0.15) is 0 Å². The molecule has 1 aromatic rings. The van der Waals surface area contributed by atoms with E-state index in [1.807, 2.05) is 0 Å². The van der Waals surface area contributed by atoms with Crippen molar-refractivity contribution in [3.63, 3.8) is 0 Å². The quantitative estimate of drug-likeness (QED) is 0.740. The van der Waals surface area contributed by atoms with Crippen LogP contribution in [0, 0.1) is 11.7 Å². The Morgan fingerprint density at radius 1 is 1.11 bits per heavy atom. The zero-order valence-corrected chi connectivity index (χ0v) is 10.2. The maximum absolute atomic E-state index is 13.3. The van der Waals surface area contributed by atoms with Crippen LogP contribution in [-0.2, 0) is 4.79 Å². The van der Waals surface area contributed by atoms with E-state index in [1.165, 1.54) is 18.6 Å². The van der Waals surface area contributed by atoms with Crippen LogP contribution in [0.25, 0.3) is 0 Å². The number of hydrogen-bond donors (Lipinski definition) is 2. The number of nitrogens with one attached hydrogen (secondary N) is 2. The first-order valence-electron chi connectivity index (χ1n) is 6.61. The Kier molecular flexibility index (Phi) is 2.94. The Balaban J connectivity index is 1.96. The summed E-state index contributed by atoms with van der Waals surface area (Å²) in [6.07, 6.45) is 5.30. The van der Waals surface area contributed by atoms with Crippen LogP contribution in [0.5, 0.6) is 0 Å². The molecule has 0 bridgehead atoms. The Bertz CT molecular complexity index is 475. The predicted octanol–water partition coefficient (Wildman–Crippen LogP) is 3.14. The molecule has 1 aromatic carbocycles. The molecule has 3 rings (SSSR count). The summed E-state index contributed by atoms with van der Waals surface area (Å²) in [5.41, 5.74) is 1.40. The van der Waals surface area contributed by atoms with E-state index in [0.717, 1.165) is 25.7 Å². The van der Waals surface area contributed by atoms with Gasteiger partial charge in [-0.1, -0.05) is 19.3 Å². The van der Waals surface area contributed by atoms with Gasteiger partial charge in [-0.15, -0.1) is 0 Å². The molecule has 2 atom stereocenters. The lowest BCUT2D eigenvalue weighted by Crippen LogP contribution is -2.34. The molecule has 2 aliphatic rings. The first-order chi connectivity index (χ1) is 8.74. The molecule has 96 valence electrons. The molecule has 1 saturated carbocycles. The van der Waals surface area contributed by atoms with E-state index in [1.54, 1.807) is 6.07 Å². The van der Waals surface area contributed by atoms with Gasteiger partial charge in [-0.05, 0) is 31.0 Å². The van der Waals surface area contributed by atoms with Crippen LogP contribution in [0.4, 0.5) is 15.8 Å². The van der Waals surface area contributed by atoms with Crippen molar-refractivity contribution < 1.29 is 9.18 Å². The second-order valence-corrected chi connectivity index (χ2v) is 5.17. The lowest BCUT2D eigenvalue weighted by atomic mass is 9.94. The molecule has 4 heteroatoms. The van der Waals surface area contributed by atoms with Gasteiger partial charge in [0.25, 0.3) is 0 Å². The summed E-state index contributed by atoms with van der Waals surface area (Å²) in [6, 6.07) is 4.60. The Morgan fingerprint density at radius 2 is 1.94 bits per heavy atom. The predicted molar refractivity (Wildman–Crippen MR) is 69.0 cm³/mol. The fourth-order valence-electron chi connectivity index (χ4n) is 2.96. The maximum atomic E-state index is 13.3. The average molecular weight is 248 g/mol. The number of carbonyl (C=O) groups is 1. The molecule has 1 amide bonds. The van der Waals surface area contributed by atoms with Crippen LogP contribution in [0.2, 0.25) is 0 Å². The van der Waals surface area contributed by atoms with Crippen molar-refractivity contribution in [3.8, 4) is 0 Å². The van der Waals surface area contributed by atoms with Gasteiger partial charge in [-0.3, -0.25) is 4.79 Å². The molecule has 1 aliphatic carbocycles. The van der Waals surface area contributed by atoms with E-state index in [2.05, 4.69) is 10.6 Å². The summed E-state index contributed by atoms with van der Waals surface area (Å²) in [5, 5.41) is 6.26. The number of fused-ring (bicyclic) bond motifs is 2. The summed E-state index contributed by atoms with van der Waals surface area (Å²) in [7, 11) is 0. The zero-order chi connectivity index (χ0) is 12.5. The van der Waals surface area contributed by atoms with E-state index in [-0.39, 0.29) is 23.7 Å². The van der Waals surface area contributed by atoms with Crippen LogP contribution in [0.15, 0.2) is 18.2 Å². The molecule has 1 fully saturated rings. The molecule has 2 unspecified atom stereocenters. The minimum absolute atomic E-state index is 0.00274. The number of anilines is 2. The SMILES string of the molecule is O=C1Nc2ccc(F)cc2NC2CCCCCC12. The van der Waals surface area contributed by atoms with Crippen LogP contribution >= 0.6 is 0 Å². The van der Waals surface area contributed by atoms with Gasteiger partial charge in [0, 0.05) is 6.04 Å². The molecule has 1 heterocycles. The summed E-state index contributed by atoms with van der Waals surface area (Å²) < 4.78 is 13.3. The summed E-state index contributed by atoms with van der Waals surface area (Å²) in [4.78, 5) is 12.2. The number of carbonyl (C=O) groups excluding carboxylic acids is 1. The minimum atomic E-state index is -0.275. The lowest BCUT2D eigenvalue weighted by molar-refractivity contribution is -0.120. The third-order valence-electron chi connectivity index (χ3n) is 3.93. The Hall–Kier alpha value is -1.58. The van der Waals surface area contributed by atoms with Crippen LogP contribution in [0.3, 0.4) is 0 Å². The zero-order valence-electron chi connectivity index (χ0n) is 10.2. The molecule has 0 saturated heterocycles.